The molecular formula is C24H22Cl2N2O4. The highest BCUT2D eigenvalue weighted by Gasteiger charge is 2.14. The van der Waals surface area contributed by atoms with Gasteiger partial charge in [0.2, 0.25) is 0 Å². The average molecular weight is 473 g/mol. The van der Waals surface area contributed by atoms with Gasteiger partial charge in [0.1, 0.15) is 12.4 Å². The standard InChI is InChI=1S/C24H22Cl2N2O4/c1-16(32-21-10-8-20(26)9-11-21)24(29)28-27-14-18-5-12-22(23(13-18)30-2)31-15-17-3-6-19(25)7-4-17/h3-14,16H,15H2,1-2H3,(H,28,29)/b27-14+. The van der Waals surface area contributed by atoms with Crippen LogP contribution >= 0.6 is 23.2 Å². The van der Waals surface area contributed by atoms with Crippen molar-refractivity contribution in [3.8, 4) is 17.2 Å². The van der Waals surface area contributed by atoms with E-state index in [1.165, 1.54) is 6.21 Å². The molecule has 0 heterocycles. The van der Waals surface area contributed by atoms with Gasteiger partial charge in [-0.15, -0.1) is 0 Å². The van der Waals surface area contributed by atoms with Gasteiger partial charge in [-0.2, -0.15) is 5.10 Å². The quantitative estimate of drug-likeness (QED) is 0.329. The van der Waals surface area contributed by atoms with Crippen molar-refractivity contribution in [2.45, 2.75) is 19.6 Å². The molecule has 32 heavy (non-hydrogen) atoms. The van der Waals surface area contributed by atoms with Gasteiger partial charge < -0.3 is 14.2 Å². The number of hydrogen-bond donors (Lipinski definition) is 1. The molecule has 8 heteroatoms. The van der Waals surface area contributed by atoms with Crippen LogP contribution in [0.25, 0.3) is 0 Å². The summed E-state index contributed by atoms with van der Waals surface area (Å²) in [5.41, 5.74) is 4.18. The van der Waals surface area contributed by atoms with E-state index >= 15 is 0 Å². The molecule has 0 saturated carbocycles. The van der Waals surface area contributed by atoms with Crippen LogP contribution in [0.5, 0.6) is 17.2 Å². The third kappa shape index (κ3) is 6.90. The number of hydrazone groups is 1. The van der Waals surface area contributed by atoms with Crippen molar-refractivity contribution in [3.63, 3.8) is 0 Å². The van der Waals surface area contributed by atoms with Crippen molar-refractivity contribution >= 4 is 35.3 Å². The Bertz CT molecular complexity index is 1070. The van der Waals surface area contributed by atoms with Crippen LogP contribution in [0.2, 0.25) is 10.0 Å². The van der Waals surface area contributed by atoms with E-state index in [4.69, 9.17) is 37.4 Å². The van der Waals surface area contributed by atoms with Crippen LogP contribution in [0.15, 0.2) is 71.8 Å². The van der Waals surface area contributed by atoms with E-state index in [2.05, 4.69) is 10.5 Å². The topological polar surface area (TPSA) is 69.2 Å². The Morgan fingerprint density at radius 3 is 2.31 bits per heavy atom. The van der Waals surface area contributed by atoms with Crippen molar-refractivity contribution in [2.75, 3.05) is 7.11 Å². The Labute approximate surface area is 196 Å². The van der Waals surface area contributed by atoms with Crippen LogP contribution in [-0.2, 0) is 11.4 Å². The Morgan fingerprint density at radius 2 is 1.66 bits per heavy atom. The van der Waals surface area contributed by atoms with Crippen molar-refractivity contribution in [1.82, 2.24) is 5.43 Å². The summed E-state index contributed by atoms with van der Waals surface area (Å²) in [4.78, 5) is 12.2. The Hall–Kier alpha value is -3.22. The molecule has 3 rings (SSSR count). The maximum absolute atomic E-state index is 12.2. The fourth-order valence-electron chi connectivity index (χ4n) is 2.66. The van der Waals surface area contributed by atoms with E-state index in [9.17, 15) is 4.79 Å². The summed E-state index contributed by atoms with van der Waals surface area (Å²) in [5.74, 6) is 1.30. The molecule has 3 aromatic carbocycles. The Balaban J connectivity index is 1.54. The highest BCUT2D eigenvalue weighted by molar-refractivity contribution is 6.30. The summed E-state index contributed by atoms with van der Waals surface area (Å²) >= 11 is 11.7. The van der Waals surface area contributed by atoms with Gasteiger partial charge >= 0.3 is 0 Å². The van der Waals surface area contributed by atoms with Gasteiger partial charge in [0, 0.05) is 10.0 Å². The molecule has 166 valence electrons. The number of benzene rings is 3. The molecule has 6 nitrogen and oxygen atoms in total. The first-order valence-corrected chi connectivity index (χ1v) is 10.5. The summed E-state index contributed by atoms with van der Waals surface area (Å²) in [6.07, 6.45) is 0.782. The van der Waals surface area contributed by atoms with Gasteiger partial charge in [0.15, 0.2) is 17.6 Å². The van der Waals surface area contributed by atoms with Crippen molar-refractivity contribution in [1.29, 1.82) is 0 Å². The zero-order valence-corrected chi connectivity index (χ0v) is 19.1. The molecule has 0 radical (unpaired) electrons. The molecular weight excluding hydrogens is 451 g/mol. The second-order valence-electron chi connectivity index (χ2n) is 6.77. The average Bonchev–Trinajstić information content (AvgIpc) is 2.80. The lowest BCUT2D eigenvalue weighted by Crippen LogP contribution is -2.33. The lowest BCUT2D eigenvalue weighted by atomic mass is 10.2. The molecule has 0 fully saturated rings. The van der Waals surface area contributed by atoms with E-state index in [1.807, 2.05) is 30.3 Å². The number of methoxy groups -OCH3 is 1. The van der Waals surface area contributed by atoms with E-state index in [1.54, 1.807) is 50.4 Å². The lowest BCUT2D eigenvalue weighted by molar-refractivity contribution is -0.127. The second kappa shape index (κ2) is 11.4. The van der Waals surface area contributed by atoms with E-state index in [0.717, 1.165) is 11.1 Å². The van der Waals surface area contributed by atoms with Gasteiger partial charge in [-0.3, -0.25) is 4.79 Å². The summed E-state index contributed by atoms with van der Waals surface area (Å²) in [6.45, 7) is 2.01. The van der Waals surface area contributed by atoms with Gasteiger partial charge in [0.25, 0.3) is 5.91 Å². The van der Waals surface area contributed by atoms with Crippen LogP contribution < -0.4 is 19.6 Å². The molecule has 3 aromatic rings. The summed E-state index contributed by atoms with van der Waals surface area (Å²) in [5, 5.41) is 5.26. The zero-order chi connectivity index (χ0) is 22.9. The van der Waals surface area contributed by atoms with Crippen LogP contribution in [-0.4, -0.2) is 25.3 Å². The number of carbonyl (C=O) groups excluding carboxylic acids is 1. The number of hydrogen-bond acceptors (Lipinski definition) is 5. The van der Waals surface area contributed by atoms with Gasteiger partial charge in [-0.25, -0.2) is 5.43 Å². The van der Waals surface area contributed by atoms with Crippen LogP contribution in [0.1, 0.15) is 18.1 Å². The minimum Gasteiger partial charge on any atom is -0.493 e. The van der Waals surface area contributed by atoms with E-state index < -0.39 is 6.10 Å². The lowest BCUT2D eigenvalue weighted by Gasteiger charge is -2.13. The minimum atomic E-state index is -0.730. The molecule has 0 bridgehead atoms. The third-order valence-electron chi connectivity index (χ3n) is 4.38. The van der Waals surface area contributed by atoms with E-state index in [0.29, 0.717) is 33.9 Å². The molecule has 0 aliphatic heterocycles. The molecule has 0 aromatic heterocycles. The monoisotopic (exact) mass is 472 g/mol. The van der Waals surface area contributed by atoms with E-state index in [-0.39, 0.29) is 5.91 Å². The molecule has 1 unspecified atom stereocenters. The van der Waals surface area contributed by atoms with Gasteiger partial charge in [-0.1, -0.05) is 35.3 Å². The molecule has 0 spiro atoms. The minimum absolute atomic E-state index is 0.378. The number of rotatable bonds is 9. The third-order valence-corrected chi connectivity index (χ3v) is 4.88. The maximum Gasteiger partial charge on any atom is 0.280 e. The van der Waals surface area contributed by atoms with Crippen molar-refractivity contribution in [3.05, 3.63) is 87.9 Å². The molecule has 0 aliphatic rings. The Morgan fingerprint density at radius 1 is 1.00 bits per heavy atom. The van der Waals surface area contributed by atoms with Crippen LogP contribution in [0.4, 0.5) is 0 Å². The number of halogens is 2. The zero-order valence-electron chi connectivity index (χ0n) is 17.5. The number of carbonyl (C=O) groups is 1. The first-order chi connectivity index (χ1) is 15.4. The van der Waals surface area contributed by atoms with Gasteiger partial charge in [-0.05, 0) is 72.6 Å². The summed E-state index contributed by atoms with van der Waals surface area (Å²) < 4.78 is 16.8. The predicted molar refractivity (Wildman–Crippen MR) is 126 cm³/mol. The molecule has 0 aliphatic carbocycles. The predicted octanol–water partition coefficient (Wildman–Crippen LogP) is 5.50. The highest BCUT2D eigenvalue weighted by atomic mass is 35.5. The molecule has 1 N–H and O–H groups in total. The second-order valence-corrected chi connectivity index (χ2v) is 7.65. The first kappa shape index (κ1) is 23.4. The van der Waals surface area contributed by atoms with Crippen LogP contribution in [0.3, 0.4) is 0 Å². The SMILES string of the molecule is COc1cc(/C=N/NC(=O)C(C)Oc2ccc(Cl)cc2)ccc1OCc1ccc(Cl)cc1. The Kier molecular flexibility index (Phi) is 8.36. The number of amides is 1. The largest absolute Gasteiger partial charge is 0.493 e. The summed E-state index contributed by atoms with van der Waals surface area (Å²) in [6, 6.07) is 19.5. The highest BCUT2D eigenvalue weighted by Crippen LogP contribution is 2.28. The van der Waals surface area contributed by atoms with Gasteiger partial charge in [0.05, 0.1) is 13.3 Å². The molecule has 1 atom stereocenters. The van der Waals surface area contributed by atoms with Crippen LogP contribution in [0, 0.1) is 0 Å². The fraction of sp³-hybridized carbons (Fsp3) is 0.167. The van der Waals surface area contributed by atoms with Crippen molar-refractivity contribution < 1.29 is 19.0 Å². The first-order valence-electron chi connectivity index (χ1n) is 9.75. The fourth-order valence-corrected chi connectivity index (χ4v) is 2.91. The number of ether oxygens (including phenoxy) is 3. The number of nitrogens with one attached hydrogen (secondary N) is 1. The smallest absolute Gasteiger partial charge is 0.280 e. The summed E-state index contributed by atoms with van der Waals surface area (Å²) in [7, 11) is 1.56. The number of nitrogens with zero attached hydrogens (tertiary/aromatic N) is 1. The molecule has 0 saturated heterocycles. The molecule has 1 amide bonds. The normalized spacial score (nSPS) is 11.8. The van der Waals surface area contributed by atoms with Crippen molar-refractivity contribution in [2.24, 2.45) is 5.10 Å². The maximum atomic E-state index is 12.2.